The molecular weight excluding hydrogens is 479 g/mol. The fourth-order valence-corrected chi connectivity index (χ4v) is 5.11. The molecule has 2 atom stereocenters. The van der Waals surface area contributed by atoms with Crippen molar-refractivity contribution in [3.63, 3.8) is 0 Å². The van der Waals surface area contributed by atoms with Gasteiger partial charge in [0.25, 0.3) is 0 Å². The van der Waals surface area contributed by atoms with Crippen LogP contribution in [0.3, 0.4) is 0 Å². The Morgan fingerprint density at radius 2 is 1.88 bits per heavy atom. The molecule has 2 saturated heterocycles. The van der Waals surface area contributed by atoms with Gasteiger partial charge in [-0.15, -0.1) is 0 Å². The van der Waals surface area contributed by atoms with E-state index in [9.17, 15) is 0 Å². The molecule has 9 heteroatoms. The second-order valence-electron chi connectivity index (χ2n) is 8.08. The minimum absolute atomic E-state index is 0.128. The molecule has 0 radical (unpaired) electrons. The summed E-state index contributed by atoms with van der Waals surface area (Å²) in [6.07, 6.45) is 1.80. The van der Waals surface area contributed by atoms with Crippen LogP contribution < -0.4 is 5.32 Å². The summed E-state index contributed by atoms with van der Waals surface area (Å²) in [5.41, 5.74) is 1.68. The van der Waals surface area contributed by atoms with E-state index in [0.717, 1.165) is 56.4 Å². The van der Waals surface area contributed by atoms with Gasteiger partial charge in [0, 0.05) is 37.9 Å². The van der Waals surface area contributed by atoms with Gasteiger partial charge >= 0.3 is 0 Å². The fraction of sp³-hybridized carbons (Fsp3) is 0.333. The molecule has 0 bridgehead atoms. The van der Waals surface area contributed by atoms with Gasteiger partial charge in [-0.2, -0.15) is 0 Å². The zero-order valence-electron chi connectivity index (χ0n) is 17.9. The molecule has 4 heterocycles. The first-order chi connectivity index (χ1) is 16.1. The zero-order chi connectivity index (χ0) is 22.8. The van der Waals surface area contributed by atoms with Crippen LogP contribution in [0.1, 0.15) is 23.5 Å². The maximum atomic E-state index is 6.45. The second kappa shape index (κ2) is 9.99. The maximum absolute atomic E-state index is 6.45. The van der Waals surface area contributed by atoms with E-state index in [2.05, 4.69) is 20.1 Å². The largest absolute Gasteiger partial charge is 0.459 e. The number of aromatic nitrogens is 1. The van der Waals surface area contributed by atoms with Gasteiger partial charge in [0.15, 0.2) is 5.11 Å². The van der Waals surface area contributed by atoms with Crippen molar-refractivity contribution in [2.45, 2.75) is 12.1 Å². The van der Waals surface area contributed by atoms with Gasteiger partial charge in [0.2, 0.25) is 0 Å². The topological polar surface area (TPSA) is 53.8 Å². The first kappa shape index (κ1) is 22.6. The van der Waals surface area contributed by atoms with Crippen LogP contribution in [-0.2, 0) is 4.74 Å². The standard InChI is InChI=1S/C24H24Cl2N4O2S/c25-17-5-3-4-16(21(17)26)19-7-8-20(32-19)23-22(18-6-1-2-9-27-18)28-24(33)30(23)11-10-29-12-14-31-15-13-29/h1-9,22-23H,10-15H2,(H,28,33)/t22-,23+/m1/s1. The predicted octanol–water partition coefficient (Wildman–Crippen LogP) is 4.95. The van der Waals surface area contributed by atoms with E-state index in [4.69, 9.17) is 44.6 Å². The number of rotatable bonds is 6. The summed E-state index contributed by atoms with van der Waals surface area (Å²) in [5.74, 6) is 1.47. The van der Waals surface area contributed by atoms with Crippen LogP contribution in [0.15, 0.2) is 59.1 Å². The molecule has 0 saturated carbocycles. The highest BCUT2D eigenvalue weighted by Gasteiger charge is 2.41. The Bertz CT molecular complexity index is 1120. The Kier molecular flexibility index (Phi) is 6.85. The normalized spacial score (nSPS) is 21.4. The SMILES string of the molecule is S=C1N[C@H](c2ccccn2)[C@H](c2ccc(-c3cccc(Cl)c3Cl)o2)N1CCN1CCOCC1. The predicted molar refractivity (Wildman–Crippen MR) is 134 cm³/mol. The third-order valence-corrected chi connectivity index (χ3v) is 7.27. The van der Waals surface area contributed by atoms with Gasteiger partial charge in [-0.05, 0) is 48.6 Å². The van der Waals surface area contributed by atoms with Gasteiger partial charge < -0.3 is 19.4 Å². The molecule has 2 aliphatic rings. The molecule has 0 aliphatic carbocycles. The molecule has 3 aromatic rings. The lowest BCUT2D eigenvalue weighted by Gasteiger charge is -2.31. The summed E-state index contributed by atoms with van der Waals surface area (Å²) in [7, 11) is 0. The highest BCUT2D eigenvalue weighted by Crippen LogP contribution is 2.41. The Morgan fingerprint density at radius 3 is 2.67 bits per heavy atom. The summed E-state index contributed by atoms with van der Waals surface area (Å²) >= 11 is 18.4. The maximum Gasteiger partial charge on any atom is 0.170 e. The molecule has 1 aromatic carbocycles. The number of ether oxygens (including phenoxy) is 1. The molecule has 172 valence electrons. The van der Waals surface area contributed by atoms with Crippen molar-refractivity contribution in [3.8, 4) is 11.3 Å². The number of hydrogen-bond donors (Lipinski definition) is 1. The van der Waals surface area contributed by atoms with Crippen molar-refractivity contribution < 1.29 is 9.15 Å². The van der Waals surface area contributed by atoms with Gasteiger partial charge in [0.1, 0.15) is 17.6 Å². The summed E-state index contributed by atoms with van der Waals surface area (Å²) < 4.78 is 11.8. The lowest BCUT2D eigenvalue weighted by atomic mass is 10.0. The van der Waals surface area contributed by atoms with Crippen molar-refractivity contribution in [2.24, 2.45) is 0 Å². The van der Waals surface area contributed by atoms with Gasteiger partial charge in [-0.3, -0.25) is 9.88 Å². The van der Waals surface area contributed by atoms with Crippen LogP contribution in [0, 0.1) is 0 Å². The molecule has 0 unspecified atom stereocenters. The van der Waals surface area contributed by atoms with Crippen molar-refractivity contribution in [3.05, 3.63) is 76.2 Å². The van der Waals surface area contributed by atoms with Gasteiger partial charge in [-0.25, -0.2) is 0 Å². The first-order valence-corrected chi connectivity index (χ1v) is 12.1. The van der Waals surface area contributed by atoms with Crippen molar-refractivity contribution in [1.82, 2.24) is 20.1 Å². The Morgan fingerprint density at radius 1 is 1.03 bits per heavy atom. The smallest absolute Gasteiger partial charge is 0.170 e. The first-order valence-electron chi connectivity index (χ1n) is 10.9. The average molecular weight is 503 g/mol. The van der Waals surface area contributed by atoms with E-state index in [0.29, 0.717) is 20.9 Å². The number of hydrogen-bond acceptors (Lipinski definition) is 5. The number of thiocarbonyl (C=S) groups is 1. The summed E-state index contributed by atoms with van der Waals surface area (Å²) in [6, 6.07) is 15.1. The molecule has 2 aromatic heterocycles. The number of halogens is 2. The molecule has 5 rings (SSSR count). The molecule has 0 spiro atoms. The third kappa shape index (κ3) is 4.74. The van der Waals surface area contributed by atoms with Gasteiger partial charge in [0.05, 0.1) is 35.0 Å². The Labute approximate surface area is 208 Å². The minimum atomic E-state index is -0.139. The van der Waals surface area contributed by atoms with E-state index < -0.39 is 0 Å². The third-order valence-electron chi connectivity index (χ3n) is 6.09. The summed E-state index contributed by atoms with van der Waals surface area (Å²) in [6.45, 7) is 5.06. The number of benzene rings is 1. The molecule has 33 heavy (non-hydrogen) atoms. The molecule has 1 N–H and O–H groups in total. The summed E-state index contributed by atoms with van der Waals surface area (Å²) in [5, 5.41) is 5.14. The van der Waals surface area contributed by atoms with Crippen LogP contribution in [0.5, 0.6) is 0 Å². The van der Waals surface area contributed by atoms with E-state index >= 15 is 0 Å². The number of pyridine rings is 1. The minimum Gasteiger partial charge on any atom is -0.459 e. The highest BCUT2D eigenvalue weighted by molar-refractivity contribution is 7.80. The zero-order valence-corrected chi connectivity index (χ0v) is 20.2. The van der Waals surface area contributed by atoms with Crippen molar-refractivity contribution in [1.29, 1.82) is 0 Å². The molecular formula is C24H24Cl2N4O2S. The Hall–Kier alpha value is -2.16. The second-order valence-corrected chi connectivity index (χ2v) is 9.25. The van der Waals surface area contributed by atoms with E-state index in [1.165, 1.54) is 0 Å². The monoisotopic (exact) mass is 502 g/mol. The van der Waals surface area contributed by atoms with Crippen LogP contribution >= 0.6 is 35.4 Å². The molecule has 0 amide bonds. The van der Waals surface area contributed by atoms with Crippen molar-refractivity contribution >= 4 is 40.5 Å². The van der Waals surface area contributed by atoms with Crippen LogP contribution in [0.4, 0.5) is 0 Å². The van der Waals surface area contributed by atoms with Crippen LogP contribution in [-0.4, -0.2) is 59.3 Å². The van der Waals surface area contributed by atoms with Crippen LogP contribution in [0.25, 0.3) is 11.3 Å². The molecule has 2 fully saturated rings. The molecule has 2 aliphatic heterocycles. The summed E-state index contributed by atoms with van der Waals surface area (Å²) in [4.78, 5) is 9.19. The average Bonchev–Trinajstić information content (AvgIpc) is 3.45. The Balaban J connectivity index is 1.46. The number of nitrogens with one attached hydrogen (secondary N) is 1. The lowest BCUT2D eigenvalue weighted by molar-refractivity contribution is 0.0347. The van der Waals surface area contributed by atoms with Crippen LogP contribution in [0.2, 0.25) is 10.0 Å². The number of nitrogens with zero attached hydrogens (tertiary/aromatic N) is 3. The highest BCUT2D eigenvalue weighted by atomic mass is 35.5. The molecule has 6 nitrogen and oxygen atoms in total. The quantitative estimate of drug-likeness (QED) is 0.478. The van der Waals surface area contributed by atoms with E-state index in [1.807, 2.05) is 42.5 Å². The number of furan rings is 1. The fourth-order valence-electron chi connectivity index (χ4n) is 4.38. The number of morpholine rings is 1. The van der Waals surface area contributed by atoms with Gasteiger partial charge in [-0.1, -0.05) is 35.3 Å². The van der Waals surface area contributed by atoms with E-state index in [-0.39, 0.29) is 12.1 Å². The lowest BCUT2D eigenvalue weighted by Crippen LogP contribution is -2.42. The van der Waals surface area contributed by atoms with E-state index in [1.54, 1.807) is 12.3 Å². The van der Waals surface area contributed by atoms with Crippen molar-refractivity contribution in [2.75, 3.05) is 39.4 Å².